The number of benzene rings is 1. The highest BCUT2D eigenvalue weighted by Gasteiger charge is 2.43. The molecule has 1 aromatic carbocycles. The second-order valence-electron chi connectivity index (χ2n) is 5.73. The van der Waals surface area contributed by atoms with Gasteiger partial charge in [-0.1, -0.05) is 22.8 Å². The van der Waals surface area contributed by atoms with Crippen molar-refractivity contribution in [1.29, 1.82) is 0 Å². The molecule has 1 aliphatic heterocycles. The summed E-state index contributed by atoms with van der Waals surface area (Å²) in [5.74, 6) is -2.05. The molecule has 0 unspecified atom stereocenters. The SMILES string of the molecule is Cc1noc(C(F)(F)F)c1C(=O)N1CCN(c2cccc(Cl)c2)CC1. The zero-order valence-corrected chi connectivity index (χ0v) is 14.1. The van der Waals surface area contributed by atoms with E-state index in [1.54, 1.807) is 6.07 Å². The van der Waals surface area contributed by atoms with Crippen LogP contribution in [0.15, 0.2) is 28.8 Å². The molecule has 134 valence electrons. The summed E-state index contributed by atoms with van der Waals surface area (Å²) in [5, 5.41) is 3.91. The third-order valence-corrected chi connectivity index (χ3v) is 4.31. The van der Waals surface area contributed by atoms with Gasteiger partial charge in [0, 0.05) is 36.9 Å². The van der Waals surface area contributed by atoms with Crippen LogP contribution < -0.4 is 4.90 Å². The molecule has 1 amide bonds. The summed E-state index contributed by atoms with van der Waals surface area (Å²) >= 11 is 5.97. The summed E-state index contributed by atoms with van der Waals surface area (Å²) in [6, 6.07) is 7.30. The van der Waals surface area contributed by atoms with E-state index in [9.17, 15) is 18.0 Å². The molecule has 0 radical (unpaired) electrons. The van der Waals surface area contributed by atoms with Crippen molar-refractivity contribution in [3.05, 3.63) is 46.3 Å². The number of aryl methyl sites for hydroxylation is 1. The monoisotopic (exact) mass is 373 g/mol. The fourth-order valence-electron chi connectivity index (χ4n) is 2.81. The average molecular weight is 374 g/mol. The van der Waals surface area contributed by atoms with E-state index in [1.165, 1.54) is 11.8 Å². The van der Waals surface area contributed by atoms with Crippen molar-refractivity contribution in [3.8, 4) is 0 Å². The Kier molecular flexibility index (Phi) is 4.64. The van der Waals surface area contributed by atoms with Gasteiger partial charge in [-0.3, -0.25) is 4.79 Å². The number of hydrogen-bond donors (Lipinski definition) is 0. The largest absolute Gasteiger partial charge is 0.453 e. The molecular formula is C16H15ClF3N3O2. The number of rotatable bonds is 2. The van der Waals surface area contributed by atoms with Crippen LogP contribution in [0.2, 0.25) is 5.02 Å². The summed E-state index contributed by atoms with van der Waals surface area (Å²) < 4.78 is 43.3. The van der Waals surface area contributed by atoms with Crippen LogP contribution in [0, 0.1) is 6.92 Å². The van der Waals surface area contributed by atoms with E-state index in [0.29, 0.717) is 31.2 Å². The molecule has 2 aromatic rings. The number of aromatic nitrogens is 1. The first-order valence-corrected chi connectivity index (χ1v) is 7.98. The summed E-state index contributed by atoms with van der Waals surface area (Å²) in [6.07, 6.45) is -4.76. The Morgan fingerprint density at radius 1 is 1.24 bits per heavy atom. The standard InChI is InChI=1S/C16H15ClF3N3O2/c1-10-13(14(25-21-10)16(18,19)20)15(24)23-7-5-22(6-8-23)12-4-2-3-11(17)9-12/h2-4,9H,5-8H2,1H3. The smallest absolute Gasteiger partial charge is 0.368 e. The van der Waals surface area contributed by atoms with Gasteiger partial charge in [0.25, 0.3) is 11.7 Å². The molecule has 2 heterocycles. The lowest BCUT2D eigenvalue weighted by Gasteiger charge is -2.36. The second kappa shape index (κ2) is 6.59. The Morgan fingerprint density at radius 2 is 1.92 bits per heavy atom. The Morgan fingerprint density at radius 3 is 2.52 bits per heavy atom. The lowest BCUT2D eigenvalue weighted by atomic mass is 10.1. The Bertz CT molecular complexity index is 783. The molecule has 1 saturated heterocycles. The van der Waals surface area contributed by atoms with Crippen LogP contribution in [0.1, 0.15) is 21.8 Å². The minimum Gasteiger partial charge on any atom is -0.368 e. The predicted molar refractivity (Wildman–Crippen MR) is 85.8 cm³/mol. The van der Waals surface area contributed by atoms with Gasteiger partial charge in [0.1, 0.15) is 5.56 Å². The second-order valence-corrected chi connectivity index (χ2v) is 6.17. The summed E-state index contributed by atoms with van der Waals surface area (Å²) in [5.41, 5.74) is 0.343. The Hall–Kier alpha value is -2.22. The topological polar surface area (TPSA) is 49.6 Å². The molecule has 1 fully saturated rings. The van der Waals surface area contributed by atoms with Gasteiger partial charge in [0.05, 0.1) is 5.69 Å². The normalized spacial score (nSPS) is 15.6. The number of carbonyl (C=O) groups excluding carboxylic acids is 1. The highest BCUT2D eigenvalue weighted by molar-refractivity contribution is 6.30. The van der Waals surface area contributed by atoms with Crippen molar-refractivity contribution in [2.75, 3.05) is 31.1 Å². The molecule has 0 N–H and O–H groups in total. The van der Waals surface area contributed by atoms with Crippen molar-refractivity contribution >= 4 is 23.2 Å². The van der Waals surface area contributed by atoms with Crippen molar-refractivity contribution in [3.63, 3.8) is 0 Å². The van der Waals surface area contributed by atoms with E-state index in [0.717, 1.165) is 5.69 Å². The predicted octanol–water partition coefficient (Wildman–Crippen LogP) is 3.62. The van der Waals surface area contributed by atoms with Crippen LogP contribution in [0.25, 0.3) is 0 Å². The van der Waals surface area contributed by atoms with Gasteiger partial charge in [-0.15, -0.1) is 0 Å². The van der Waals surface area contributed by atoms with E-state index in [1.807, 2.05) is 23.1 Å². The number of alkyl halides is 3. The van der Waals surface area contributed by atoms with Gasteiger partial charge in [0.2, 0.25) is 0 Å². The number of nitrogens with zero attached hydrogens (tertiary/aromatic N) is 3. The lowest BCUT2D eigenvalue weighted by molar-refractivity contribution is -0.156. The molecule has 0 aliphatic carbocycles. The van der Waals surface area contributed by atoms with Crippen LogP contribution in [0.3, 0.4) is 0 Å². The van der Waals surface area contributed by atoms with E-state index in [4.69, 9.17) is 11.6 Å². The first-order chi connectivity index (χ1) is 11.8. The van der Waals surface area contributed by atoms with Gasteiger partial charge < -0.3 is 14.3 Å². The van der Waals surface area contributed by atoms with E-state index < -0.39 is 23.4 Å². The van der Waals surface area contributed by atoms with Crippen LogP contribution in [0.5, 0.6) is 0 Å². The van der Waals surface area contributed by atoms with Gasteiger partial charge in [-0.25, -0.2) is 0 Å². The number of anilines is 1. The van der Waals surface area contributed by atoms with Crippen LogP contribution in [-0.2, 0) is 6.18 Å². The van der Waals surface area contributed by atoms with Crippen LogP contribution in [0.4, 0.5) is 18.9 Å². The molecule has 25 heavy (non-hydrogen) atoms. The number of halogens is 4. The van der Waals surface area contributed by atoms with E-state index in [-0.39, 0.29) is 5.69 Å². The molecular weight excluding hydrogens is 359 g/mol. The van der Waals surface area contributed by atoms with E-state index in [2.05, 4.69) is 9.68 Å². The highest BCUT2D eigenvalue weighted by atomic mass is 35.5. The van der Waals surface area contributed by atoms with Gasteiger partial charge in [0.15, 0.2) is 0 Å². The summed E-state index contributed by atoms with van der Waals surface area (Å²) in [6.45, 7) is 2.92. The Balaban J connectivity index is 1.73. The molecule has 0 saturated carbocycles. The van der Waals surface area contributed by atoms with Gasteiger partial charge in [-0.2, -0.15) is 13.2 Å². The molecule has 1 aliphatic rings. The van der Waals surface area contributed by atoms with Crippen LogP contribution in [-0.4, -0.2) is 42.1 Å². The third-order valence-electron chi connectivity index (χ3n) is 4.07. The zero-order valence-electron chi connectivity index (χ0n) is 13.3. The van der Waals surface area contributed by atoms with Crippen LogP contribution >= 0.6 is 11.6 Å². The minimum absolute atomic E-state index is 0.0606. The first kappa shape index (κ1) is 17.6. The molecule has 0 spiro atoms. The zero-order chi connectivity index (χ0) is 18.2. The molecule has 5 nitrogen and oxygen atoms in total. The number of amides is 1. The fraction of sp³-hybridized carbons (Fsp3) is 0.375. The average Bonchev–Trinajstić information content (AvgIpc) is 2.96. The van der Waals surface area contributed by atoms with Gasteiger partial charge >= 0.3 is 6.18 Å². The summed E-state index contributed by atoms with van der Waals surface area (Å²) in [4.78, 5) is 15.9. The first-order valence-electron chi connectivity index (χ1n) is 7.60. The van der Waals surface area contributed by atoms with Crippen molar-refractivity contribution in [2.24, 2.45) is 0 Å². The van der Waals surface area contributed by atoms with Crippen molar-refractivity contribution in [2.45, 2.75) is 13.1 Å². The summed E-state index contributed by atoms with van der Waals surface area (Å²) in [7, 11) is 0. The maximum Gasteiger partial charge on any atom is 0.453 e. The number of carbonyl (C=O) groups is 1. The van der Waals surface area contributed by atoms with Gasteiger partial charge in [-0.05, 0) is 25.1 Å². The number of piperazine rings is 1. The lowest BCUT2D eigenvalue weighted by Crippen LogP contribution is -2.49. The minimum atomic E-state index is -4.76. The third kappa shape index (κ3) is 3.58. The maximum atomic E-state index is 13.0. The van der Waals surface area contributed by atoms with Crippen molar-refractivity contribution < 1.29 is 22.5 Å². The molecule has 0 bridgehead atoms. The van der Waals surface area contributed by atoms with E-state index >= 15 is 0 Å². The Labute approximate surface area is 146 Å². The fourth-order valence-corrected chi connectivity index (χ4v) is 3.00. The molecule has 0 atom stereocenters. The number of hydrogen-bond acceptors (Lipinski definition) is 4. The highest BCUT2D eigenvalue weighted by Crippen LogP contribution is 2.34. The molecule has 3 rings (SSSR count). The molecule has 1 aromatic heterocycles. The maximum absolute atomic E-state index is 13.0. The van der Waals surface area contributed by atoms with Crippen molar-refractivity contribution in [1.82, 2.24) is 10.1 Å². The quantitative estimate of drug-likeness (QED) is 0.806. The molecule has 9 heteroatoms.